The first-order valence-electron chi connectivity index (χ1n) is 10.2. The van der Waals surface area contributed by atoms with E-state index >= 15 is 0 Å². The van der Waals surface area contributed by atoms with Crippen LogP contribution >= 0.6 is 0 Å². The van der Waals surface area contributed by atoms with Crippen molar-refractivity contribution in [3.8, 4) is 0 Å². The van der Waals surface area contributed by atoms with Gasteiger partial charge in [0.15, 0.2) is 5.65 Å². The number of ether oxygens (including phenoxy) is 1. The van der Waals surface area contributed by atoms with Gasteiger partial charge in [-0.15, -0.1) is 5.10 Å². The van der Waals surface area contributed by atoms with Crippen LogP contribution in [0.2, 0.25) is 0 Å². The van der Waals surface area contributed by atoms with Gasteiger partial charge in [0.25, 0.3) is 5.91 Å². The minimum atomic E-state index is -4.52. The van der Waals surface area contributed by atoms with Crippen molar-refractivity contribution in [3.63, 3.8) is 0 Å². The predicted molar refractivity (Wildman–Crippen MR) is 110 cm³/mol. The maximum absolute atomic E-state index is 13.3. The van der Waals surface area contributed by atoms with Crippen molar-refractivity contribution in [1.29, 1.82) is 0 Å². The normalized spacial score (nSPS) is 16.9. The Bertz CT molecular complexity index is 1140. The smallest absolute Gasteiger partial charge is 0.378 e. The molecule has 0 unspecified atom stereocenters. The van der Waals surface area contributed by atoms with Crippen LogP contribution in [0.15, 0.2) is 30.5 Å². The molecule has 4 heterocycles. The summed E-state index contributed by atoms with van der Waals surface area (Å²) in [6.07, 6.45) is -1.32. The predicted octanol–water partition coefficient (Wildman–Crippen LogP) is 2.81. The van der Waals surface area contributed by atoms with E-state index in [0.717, 1.165) is 43.9 Å². The number of morpholine rings is 1. The second kappa shape index (κ2) is 7.93. The fraction of sp³-hybridized carbons (Fsp3) is 0.400. The van der Waals surface area contributed by atoms with Gasteiger partial charge in [-0.1, -0.05) is 0 Å². The summed E-state index contributed by atoms with van der Waals surface area (Å²) < 4.78 is 46.4. The third-order valence-electron chi connectivity index (χ3n) is 5.26. The molecule has 168 valence electrons. The molecule has 0 spiro atoms. The van der Waals surface area contributed by atoms with E-state index in [1.807, 2.05) is 0 Å². The van der Waals surface area contributed by atoms with Crippen LogP contribution in [0.4, 0.5) is 30.8 Å². The Balaban J connectivity index is 1.36. The number of alkyl halides is 3. The van der Waals surface area contributed by atoms with Gasteiger partial charge >= 0.3 is 6.18 Å². The van der Waals surface area contributed by atoms with Crippen LogP contribution in [0.25, 0.3) is 5.65 Å². The minimum absolute atomic E-state index is 0.0148. The number of carbonyl (C=O) groups excluding carboxylic acids is 1. The monoisotopic (exact) mass is 447 g/mol. The number of aromatic nitrogens is 4. The number of halogens is 3. The summed E-state index contributed by atoms with van der Waals surface area (Å²) in [6.45, 7) is 2.69. The number of nitrogens with one attached hydrogen (secondary N) is 2. The second-order valence-electron chi connectivity index (χ2n) is 7.71. The van der Waals surface area contributed by atoms with Gasteiger partial charge < -0.3 is 15.0 Å². The van der Waals surface area contributed by atoms with Crippen molar-refractivity contribution in [3.05, 3.63) is 41.6 Å². The molecule has 1 aliphatic carbocycles. The number of rotatable bonds is 5. The van der Waals surface area contributed by atoms with Crippen molar-refractivity contribution >= 4 is 29.1 Å². The van der Waals surface area contributed by atoms with E-state index < -0.39 is 17.6 Å². The number of anilines is 3. The van der Waals surface area contributed by atoms with Crippen molar-refractivity contribution in [2.45, 2.75) is 25.1 Å². The lowest BCUT2D eigenvalue weighted by atomic mass is 10.2. The van der Waals surface area contributed by atoms with E-state index in [2.05, 4.69) is 30.6 Å². The van der Waals surface area contributed by atoms with Crippen molar-refractivity contribution in [1.82, 2.24) is 19.6 Å². The molecule has 1 amide bonds. The zero-order valence-corrected chi connectivity index (χ0v) is 16.9. The van der Waals surface area contributed by atoms with Crippen LogP contribution in [0, 0.1) is 0 Å². The third-order valence-corrected chi connectivity index (χ3v) is 5.26. The second-order valence-corrected chi connectivity index (χ2v) is 7.71. The van der Waals surface area contributed by atoms with Crippen molar-refractivity contribution < 1.29 is 22.7 Å². The van der Waals surface area contributed by atoms with E-state index in [0.29, 0.717) is 13.2 Å². The number of hydrogen-bond acceptors (Lipinski definition) is 7. The van der Waals surface area contributed by atoms with Gasteiger partial charge in [-0.05, 0) is 37.1 Å². The standard InChI is InChI=1S/C20H20F3N7O2/c21-20(22,23)13-9-16(25-14-2-3-14)30-17(10-13)26-19(28-30)27-18(31)12-1-4-15(24-11-12)29-5-7-32-8-6-29/h1,4,9-11,14,25H,2-3,5-8H2,(H,27,28,31). The highest BCUT2D eigenvalue weighted by atomic mass is 19.4. The molecule has 0 radical (unpaired) electrons. The maximum Gasteiger partial charge on any atom is 0.416 e. The Morgan fingerprint density at radius 3 is 2.59 bits per heavy atom. The quantitative estimate of drug-likeness (QED) is 0.621. The first-order valence-corrected chi connectivity index (χ1v) is 10.2. The van der Waals surface area contributed by atoms with Gasteiger partial charge in [0.1, 0.15) is 11.6 Å². The maximum atomic E-state index is 13.3. The molecule has 9 nitrogen and oxygen atoms in total. The minimum Gasteiger partial charge on any atom is -0.378 e. The zero-order chi connectivity index (χ0) is 22.3. The lowest BCUT2D eigenvalue weighted by Gasteiger charge is -2.27. The Morgan fingerprint density at radius 1 is 1.16 bits per heavy atom. The Kier molecular flexibility index (Phi) is 5.08. The fourth-order valence-electron chi connectivity index (χ4n) is 3.41. The number of fused-ring (bicyclic) bond motifs is 1. The summed E-state index contributed by atoms with van der Waals surface area (Å²) in [6, 6.07) is 5.38. The molecule has 3 aromatic heterocycles. The molecule has 3 aromatic rings. The van der Waals surface area contributed by atoms with Gasteiger partial charge in [-0.3, -0.25) is 10.1 Å². The highest BCUT2D eigenvalue weighted by molar-refractivity contribution is 6.03. The summed E-state index contributed by atoms with van der Waals surface area (Å²) in [5, 5.41) is 9.74. The average Bonchev–Trinajstić information content (AvgIpc) is 3.50. The summed E-state index contributed by atoms with van der Waals surface area (Å²) in [4.78, 5) is 23.1. The van der Waals surface area contributed by atoms with E-state index in [1.54, 1.807) is 12.1 Å². The molecule has 1 aliphatic heterocycles. The van der Waals surface area contributed by atoms with Crippen molar-refractivity contribution in [2.24, 2.45) is 0 Å². The summed E-state index contributed by atoms with van der Waals surface area (Å²) in [7, 11) is 0. The number of nitrogens with zero attached hydrogens (tertiary/aromatic N) is 5. The molecule has 0 bridgehead atoms. The lowest BCUT2D eigenvalue weighted by Crippen LogP contribution is -2.36. The summed E-state index contributed by atoms with van der Waals surface area (Å²) in [5.74, 6) is 0.327. The van der Waals surface area contributed by atoms with E-state index in [9.17, 15) is 18.0 Å². The average molecular weight is 447 g/mol. The van der Waals surface area contributed by atoms with Gasteiger partial charge in [0.05, 0.1) is 24.3 Å². The molecule has 0 atom stereocenters. The number of carbonyl (C=O) groups is 1. The van der Waals surface area contributed by atoms with Gasteiger partial charge in [0, 0.05) is 25.3 Å². The molecule has 2 aliphatic rings. The zero-order valence-electron chi connectivity index (χ0n) is 16.9. The molecule has 2 fully saturated rings. The van der Waals surface area contributed by atoms with E-state index in [-0.39, 0.29) is 29.0 Å². The highest BCUT2D eigenvalue weighted by Gasteiger charge is 2.33. The molecule has 0 aromatic carbocycles. The number of hydrogen-bond donors (Lipinski definition) is 2. The SMILES string of the molecule is O=C(Nc1nc2cc(C(F)(F)F)cc(NC3CC3)n2n1)c1ccc(N2CCOCC2)nc1. The molecule has 1 saturated carbocycles. The molecule has 12 heteroatoms. The molecule has 5 rings (SSSR count). The first-order chi connectivity index (χ1) is 15.4. The van der Waals surface area contributed by atoms with Crippen LogP contribution in [-0.4, -0.2) is 57.8 Å². The molecule has 1 saturated heterocycles. The van der Waals surface area contributed by atoms with Gasteiger partial charge in [-0.25, -0.2) is 4.98 Å². The van der Waals surface area contributed by atoms with E-state index in [1.165, 1.54) is 10.7 Å². The Labute approximate surface area is 180 Å². The third kappa shape index (κ3) is 4.31. The highest BCUT2D eigenvalue weighted by Crippen LogP contribution is 2.33. The summed E-state index contributed by atoms with van der Waals surface area (Å²) >= 11 is 0. The number of amides is 1. The first kappa shape index (κ1) is 20.5. The molecule has 32 heavy (non-hydrogen) atoms. The summed E-state index contributed by atoms with van der Waals surface area (Å²) in [5.41, 5.74) is -0.562. The van der Waals surface area contributed by atoms with Crippen molar-refractivity contribution in [2.75, 3.05) is 41.8 Å². The fourth-order valence-corrected chi connectivity index (χ4v) is 3.41. The van der Waals surface area contributed by atoms with Crippen LogP contribution in [0.1, 0.15) is 28.8 Å². The van der Waals surface area contributed by atoms with Crippen LogP contribution in [-0.2, 0) is 10.9 Å². The topological polar surface area (TPSA) is 96.7 Å². The molecule has 2 N–H and O–H groups in total. The number of pyridine rings is 2. The lowest BCUT2D eigenvalue weighted by molar-refractivity contribution is -0.137. The van der Waals surface area contributed by atoms with Gasteiger partial charge in [-0.2, -0.15) is 22.7 Å². The van der Waals surface area contributed by atoms with Crippen LogP contribution < -0.4 is 15.5 Å². The largest absolute Gasteiger partial charge is 0.416 e. The van der Waals surface area contributed by atoms with E-state index in [4.69, 9.17) is 4.74 Å². The van der Waals surface area contributed by atoms with Gasteiger partial charge in [0.2, 0.25) is 5.95 Å². The Morgan fingerprint density at radius 2 is 1.94 bits per heavy atom. The van der Waals surface area contributed by atoms with Crippen LogP contribution in [0.5, 0.6) is 0 Å². The molecular formula is C20H20F3N7O2. The molecular weight excluding hydrogens is 427 g/mol. The Hall–Kier alpha value is -3.41. The van der Waals surface area contributed by atoms with Crippen LogP contribution in [0.3, 0.4) is 0 Å².